The second kappa shape index (κ2) is 10.1. The molecule has 1 aliphatic carbocycles. The second-order valence-electron chi connectivity index (χ2n) is 7.10. The minimum atomic E-state index is -0.584. The number of primary amides is 1. The topological polar surface area (TPSA) is 101 Å². The number of para-hydroxylation sites is 1. The zero-order valence-corrected chi connectivity index (χ0v) is 17.0. The van der Waals surface area contributed by atoms with Gasteiger partial charge in [0.2, 0.25) is 11.8 Å². The minimum absolute atomic E-state index is 0.0950. The summed E-state index contributed by atoms with van der Waals surface area (Å²) < 4.78 is 0. The molecule has 1 fully saturated rings. The predicted molar refractivity (Wildman–Crippen MR) is 116 cm³/mol. The average molecular weight is 412 g/mol. The Morgan fingerprint density at radius 3 is 2.31 bits per heavy atom. The van der Waals surface area contributed by atoms with Gasteiger partial charge in [0, 0.05) is 16.5 Å². The molecule has 152 valence electrons. The summed E-state index contributed by atoms with van der Waals surface area (Å²) in [5, 5.41) is 5.70. The van der Waals surface area contributed by atoms with Crippen molar-refractivity contribution in [2.75, 3.05) is 16.4 Å². The highest BCUT2D eigenvalue weighted by Crippen LogP contribution is 2.26. The SMILES string of the molecule is NC(=O)c1ccccc1NC(=O)CSc1ccc(NC(=O)C2CCCCC2)cc1. The number of nitrogens with one attached hydrogen (secondary N) is 2. The number of anilines is 2. The van der Waals surface area contributed by atoms with Crippen molar-refractivity contribution in [2.45, 2.75) is 37.0 Å². The summed E-state index contributed by atoms with van der Waals surface area (Å²) >= 11 is 1.38. The number of thioether (sulfide) groups is 1. The van der Waals surface area contributed by atoms with Crippen molar-refractivity contribution in [3.8, 4) is 0 Å². The highest BCUT2D eigenvalue weighted by molar-refractivity contribution is 8.00. The monoisotopic (exact) mass is 411 g/mol. The molecule has 29 heavy (non-hydrogen) atoms. The average Bonchev–Trinajstić information content (AvgIpc) is 2.74. The van der Waals surface area contributed by atoms with Crippen LogP contribution in [-0.2, 0) is 9.59 Å². The molecule has 0 radical (unpaired) electrons. The fourth-order valence-electron chi connectivity index (χ4n) is 3.39. The molecule has 1 aliphatic rings. The van der Waals surface area contributed by atoms with E-state index in [0.29, 0.717) is 5.69 Å². The van der Waals surface area contributed by atoms with Crippen LogP contribution in [0.4, 0.5) is 11.4 Å². The summed E-state index contributed by atoms with van der Waals surface area (Å²) in [5.74, 6) is -0.402. The van der Waals surface area contributed by atoms with Gasteiger partial charge in [0.1, 0.15) is 0 Å². The molecule has 6 nitrogen and oxygen atoms in total. The van der Waals surface area contributed by atoms with Crippen LogP contribution in [0.25, 0.3) is 0 Å². The molecule has 1 saturated carbocycles. The Kier molecular flexibility index (Phi) is 7.30. The van der Waals surface area contributed by atoms with E-state index < -0.39 is 5.91 Å². The fraction of sp³-hybridized carbons (Fsp3) is 0.318. The highest BCUT2D eigenvalue weighted by atomic mass is 32.2. The summed E-state index contributed by atoms with van der Waals surface area (Å²) in [6, 6.07) is 14.1. The third-order valence-corrected chi connectivity index (χ3v) is 5.95. The van der Waals surface area contributed by atoms with E-state index in [9.17, 15) is 14.4 Å². The predicted octanol–water partition coefficient (Wildman–Crippen LogP) is 4.04. The maximum absolute atomic E-state index is 12.3. The zero-order chi connectivity index (χ0) is 20.6. The molecule has 7 heteroatoms. The highest BCUT2D eigenvalue weighted by Gasteiger charge is 2.21. The molecule has 2 aromatic rings. The number of rotatable bonds is 7. The molecule has 0 bridgehead atoms. The van der Waals surface area contributed by atoms with Crippen molar-refractivity contribution in [1.29, 1.82) is 0 Å². The third kappa shape index (κ3) is 6.09. The van der Waals surface area contributed by atoms with Crippen LogP contribution in [-0.4, -0.2) is 23.5 Å². The number of nitrogens with two attached hydrogens (primary N) is 1. The lowest BCUT2D eigenvalue weighted by Crippen LogP contribution is -2.24. The number of benzene rings is 2. The van der Waals surface area contributed by atoms with Crippen molar-refractivity contribution < 1.29 is 14.4 Å². The van der Waals surface area contributed by atoms with Gasteiger partial charge in [-0.3, -0.25) is 14.4 Å². The number of amides is 3. The Balaban J connectivity index is 1.49. The Bertz CT molecular complexity index is 877. The van der Waals surface area contributed by atoms with Crippen LogP contribution in [0.2, 0.25) is 0 Å². The van der Waals surface area contributed by atoms with Gasteiger partial charge in [0.05, 0.1) is 17.0 Å². The molecule has 0 aliphatic heterocycles. The van der Waals surface area contributed by atoms with E-state index in [1.54, 1.807) is 24.3 Å². The van der Waals surface area contributed by atoms with Crippen molar-refractivity contribution in [3.05, 3.63) is 54.1 Å². The number of hydrogen-bond acceptors (Lipinski definition) is 4. The van der Waals surface area contributed by atoms with Gasteiger partial charge in [0.15, 0.2) is 0 Å². The summed E-state index contributed by atoms with van der Waals surface area (Å²) in [4.78, 5) is 36.9. The van der Waals surface area contributed by atoms with E-state index in [1.807, 2.05) is 24.3 Å². The van der Waals surface area contributed by atoms with Crippen LogP contribution in [0, 0.1) is 5.92 Å². The van der Waals surface area contributed by atoms with Gasteiger partial charge in [-0.15, -0.1) is 11.8 Å². The van der Waals surface area contributed by atoms with Crippen molar-refractivity contribution in [2.24, 2.45) is 11.7 Å². The lowest BCUT2D eigenvalue weighted by Gasteiger charge is -2.20. The standard InChI is InChI=1S/C22H25N3O3S/c23-21(27)18-8-4-5-9-19(18)25-20(26)14-29-17-12-10-16(11-13-17)24-22(28)15-6-2-1-3-7-15/h4-5,8-13,15H,1-3,6-7,14H2,(H2,23,27)(H,24,28)(H,25,26). The first-order chi connectivity index (χ1) is 14.0. The van der Waals surface area contributed by atoms with Crippen LogP contribution in [0.3, 0.4) is 0 Å². The molecule has 0 unspecified atom stereocenters. The lowest BCUT2D eigenvalue weighted by atomic mass is 9.88. The molecule has 3 amide bonds. The van der Waals surface area contributed by atoms with Gasteiger partial charge in [-0.2, -0.15) is 0 Å². The normalized spacial score (nSPS) is 14.2. The quantitative estimate of drug-likeness (QED) is 0.599. The summed E-state index contributed by atoms with van der Waals surface area (Å²) in [5.41, 5.74) is 6.78. The molecule has 0 heterocycles. The van der Waals surface area contributed by atoms with Gasteiger partial charge >= 0.3 is 0 Å². The van der Waals surface area contributed by atoms with Gasteiger partial charge < -0.3 is 16.4 Å². The van der Waals surface area contributed by atoms with Crippen molar-refractivity contribution in [3.63, 3.8) is 0 Å². The molecular weight excluding hydrogens is 386 g/mol. The van der Waals surface area contributed by atoms with E-state index in [2.05, 4.69) is 10.6 Å². The van der Waals surface area contributed by atoms with E-state index >= 15 is 0 Å². The second-order valence-corrected chi connectivity index (χ2v) is 8.14. The molecular formula is C22H25N3O3S. The van der Waals surface area contributed by atoms with Crippen LogP contribution >= 0.6 is 11.8 Å². The number of carbonyl (C=O) groups excluding carboxylic acids is 3. The Labute approximate surface area is 174 Å². The van der Waals surface area contributed by atoms with Gasteiger partial charge in [-0.05, 0) is 49.2 Å². The molecule has 0 spiro atoms. The van der Waals surface area contributed by atoms with Crippen molar-refractivity contribution >= 4 is 40.9 Å². The first-order valence-corrected chi connectivity index (χ1v) is 10.7. The molecule has 0 aromatic heterocycles. The Morgan fingerprint density at radius 2 is 1.62 bits per heavy atom. The van der Waals surface area contributed by atoms with Gasteiger partial charge in [0.25, 0.3) is 5.91 Å². The maximum Gasteiger partial charge on any atom is 0.250 e. The number of hydrogen-bond donors (Lipinski definition) is 3. The molecule has 0 saturated heterocycles. The third-order valence-electron chi connectivity index (χ3n) is 4.93. The summed E-state index contributed by atoms with van der Waals surface area (Å²) in [6.07, 6.45) is 5.40. The maximum atomic E-state index is 12.3. The van der Waals surface area contributed by atoms with Crippen molar-refractivity contribution in [1.82, 2.24) is 0 Å². The first kappa shape index (κ1) is 20.9. The summed E-state index contributed by atoms with van der Waals surface area (Å²) in [6.45, 7) is 0. The first-order valence-electron chi connectivity index (χ1n) is 9.75. The Morgan fingerprint density at radius 1 is 0.931 bits per heavy atom. The van der Waals surface area contributed by atoms with Crippen LogP contribution in [0.15, 0.2) is 53.4 Å². The molecule has 2 aromatic carbocycles. The smallest absolute Gasteiger partial charge is 0.250 e. The fourth-order valence-corrected chi connectivity index (χ4v) is 4.08. The lowest BCUT2D eigenvalue weighted by molar-refractivity contribution is -0.120. The van der Waals surface area contributed by atoms with E-state index in [-0.39, 0.29) is 29.0 Å². The van der Waals surface area contributed by atoms with Crippen LogP contribution in [0.1, 0.15) is 42.5 Å². The molecule has 0 atom stereocenters. The largest absolute Gasteiger partial charge is 0.366 e. The van der Waals surface area contributed by atoms with Gasteiger partial charge in [-0.1, -0.05) is 31.4 Å². The van der Waals surface area contributed by atoms with Gasteiger partial charge in [-0.25, -0.2) is 0 Å². The van der Waals surface area contributed by atoms with E-state index in [4.69, 9.17) is 5.73 Å². The zero-order valence-electron chi connectivity index (χ0n) is 16.1. The molecule has 4 N–H and O–H groups in total. The van der Waals surface area contributed by atoms with Crippen LogP contribution in [0.5, 0.6) is 0 Å². The van der Waals surface area contributed by atoms with E-state index in [1.165, 1.54) is 18.2 Å². The van der Waals surface area contributed by atoms with Crippen LogP contribution < -0.4 is 16.4 Å². The molecule has 3 rings (SSSR count). The Hall–Kier alpha value is -2.80. The van der Waals surface area contributed by atoms with E-state index in [0.717, 1.165) is 36.3 Å². The summed E-state index contributed by atoms with van der Waals surface area (Å²) in [7, 11) is 0. The minimum Gasteiger partial charge on any atom is -0.366 e. The number of carbonyl (C=O) groups is 3.